The SMILES string of the molecule is CCOP(=O)(OCC)/C(=C/c1cc(C(C)(C)C)c(O)c(C(C)(C)C)c1)C(=O)/C=C/c1cc(C(C)(C)C)c(O)c(C(C)(C)C)c1. The molecule has 2 rings (SSSR count). The normalized spacial score (nSPS) is 14.0. The van der Waals surface area contributed by atoms with Gasteiger partial charge in [-0.3, -0.25) is 9.36 Å². The summed E-state index contributed by atoms with van der Waals surface area (Å²) in [7, 11) is -4.02. The van der Waals surface area contributed by atoms with Crippen molar-refractivity contribution in [2.45, 2.75) is 119 Å². The number of hydrogen-bond acceptors (Lipinski definition) is 6. The minimum Gasteiger partial charge on any atom is -0.507 e. The van der Waals surface area contributed by atoms with Crippen LogP contribution in [0.25, 0.3) is 12.2 Å². The summed E-state index contributed by atoms with van der Waals surface area (Å²) in [6.07, 6.45) is 4.64. The van der Waals surface area contributed by atoms with Gasteiger partial charge >= 0.3 is 7.60 Å². The van der Waals surface area contributed by atoms with Crippen LogP contribution in [0.3, 0.4) is 0 Å². The van der Waals surface area contributed by atoms with Crippen molar-refractivity contribution < 1.29 is 28.6 Å². The zero-order valence-corrected chi connectivity index (χ0v) is 30.3. The fourth-order valence-corrected chi connectivity index (χ4v) is 6.68. The summed E-state index contributed by atoms with van der Waals surface area (Å²) in [5, 5.41) is 22.3. The second-order valence-electron chi connectivity index (χ2n) is 15.5. The van der Waals surface area contributed by atoms with Crippen molar-refractivity contribution in [1.29, 1.82) is 0 Å². The van der Waals surface area contributed by atoms with Crippen LogP contribution in [0, 0.1) is 0 Å². The first-order valence-corrected chi connectivity index (χ1v) is 17.0. The molecule has 0 radical (unpaired) electrons. The minimum absolute atomic E-state index is 0.0868. The highest BCUT2D eigenvalue weighted by Crippen LogP contribution is 2.57. The maximum Gasteiger partial charge on any atom is 0.365 e. The number of ketones is 1. The molecule has 2 N–H and O–H groups in total. The molecule has 7 heteroatoms. The number of carbonyl (C=O) groups excluding carboxylic acids is 1. The Morgan fingerprint density at radius 2 is 0.977 bits per heavy atom. The fourth-order valence-electron chi connectivity index (χ4n) is 5.00. The van der Waals surface area contributed by atoms with Crippen LogP contribution in [0.4, 0.5) is 0 Å². The Bertz CT molecular complexity index is 1390. The predicted octanol–water partition coefficient (Wildman–Crippen LogP) is 10.2. The van der Waals surface area contributed by atoms with Gasteiger partial charge in [0.25, 0.3) is 0 Å². The van der Waals surface area contributed by atoms with Crippen molar-refractivity contribution in [3.05, 3.63) is 69.0 Å². The summed E-state index contributed by atoms with van der Waals surface area (Å²) in [6.45, 7) is 27.8. The van der Waals surface area contributed by atoms with Gasteiger partial charge in [-0.15, -0.1) is 0 Å². The highest BCUT2D eigenvalue weighted by Gasteiger charge is 2.35. The molecule has 0 atom stereocenters. The Balaban J connectivity index is 2.88. The van der Waals surface area contributed by atoms with E-state index in [2.05, 4.69) is 0 Å². The molecule has 0 aromatic heterocycles. The van der Waals surface area contributed by atoms with Crippen molar-refractivity contribution in [2.75, 3.05) is 13.2 Å². The third-order valence-corrected chi connectivity index (χ3v) is 9.51. The van der Waals surface area contributed by atoms with Crippen LogP contribution in [-0.2, 0) is 40.1 Å². The number of phenols is 2. The molecule has 244 valence electrons. The van der Waals surface area contributed by atoms with Gasteiger partial charge in [0.15, 0.2) is 5.78 Å². The van der Waals surface area contributed by atoms with Gasteiger partial charge in [0.2, 0.25) is 0 Å². The monoisotopic (exact) mass is 626 g/mol. The standard InChI is InChI=1S/C37H55O6P/c1-15-42-44(41,43-16-2)31(23-25-21-28(36(9,10)11)33(40)29(22-25)37(12,13)14)30(38)18-17-24-19-26(34(3,4)5)32(39)27(20-24)35(6,7)8/h17-23,39-40H,15-16H2,1-14H3/b18-17+,31-23+. The summed E-state index contributed by atoms with van der Waals surface area (Å²) in [5.41, 5.74) is 2.88. The fraction of sp³-hybridized carbons (Fsp3) is 0.541. The number of rotatable bonds is 9. The van der Waals surface area contributed by atoms with E-state index in [0.29, 0.717) is 5.56 Å². The molecule has 0 bridgehead atoms. The minimum atomic E-state index is -4.02. The molecule has 0 heterocycles. The van der Waals surface area contributed by atoms with E-state index < -0.39 is 24.2 Å². The van der Waals surface area contributed by atoms with E-state index in [9.17, 15) is 19.6 Å². The molecule has 0 saturated heterocycles. The summed E-state index contributed by atoms with van der Waals surface area (Å²) >= 11 is 0. The zero-order valence-electron chi connectivity index (χ0n) is 29.4. The van der Waals surface area contributed by atoms with Crippen molar-refractivity contribution in [3.63, 3.8) is 0 Å². The Kier molecular flexibility index (Phi) is 11.4. The largest absolute Gasteiger partial charge is 0.507 e. The van der Waals surface area contributed by atoms with Gasteiger partial charge in [-0.1, -0.05) is 89.2 Å². The van der Waals surface area contributed by atoms with E-state index in [1.54, 1.807) is 26.0 Å². The first-order chi connectivity index (χ1) is 19.9. The number of allylic oxidation sites excluding steroid dienone is 2. The highest BCUT2D eigenvalue weighted by atomic mass is 31.2. The third-order valence-electron chi connectivity index (χ3n) is 7.37. The van der Waals surface area contributed by atoms with E-state index in [1.165, 1.54) is 6.08 Å². The molecule has 2 aromatic rings. The van der Waals surface area contributed by atoms with Crippen LogP contribution in [0.2, 0.25) is 0 Å². The van der Waals surface area contributed by atoms with Crippen LogP contribution in [0.15, 0.2) is 35.7 Å². The average molecular weight is 627 g/mol. The Morgan fingerprint density at radius 3 is 1.27 bits per heavy atom. The Labute approximate surface area is 266 Å². The number of carbonyl (C=O) groups is 1. The topological polar surface area (TPSA) is 93.1 Å². The molecule has 6 nitrogen and oxygen atoms in total. The van der Waals surface area contributed by atoms with Gasteiger partial charge in [0, 0.05) is 22.3 Å². The smallest absolute Gasteiger partial charge is 0.365 e. The van der Waals surface area contributed by atoms with Crippen molar-refractivity contribution in [3.8, 4) is 11.5 Å². The van der Waals surface area contributed by atoms with Gasteiger partial charge < -0.3 is 19.3 Å². The van der Waals surface area contributed by atoms with E-state index >= 15 is 0 Å². The van der Waals surface area contributed by atoms with Gasteiger partial charge in [-0.2, -0.15) is 0 Å². The molecule has 0 aliphatic heterocycles. The van der Waals surface area contributed by atoms with Crippen LogP contribution in [0.1, 0.15) is 130 Å². The van der Waals surface area contributed by atoms with E-state index in [0.717, 1.165) is 27.8 Å². The van der Waals surface area contributed by atoms with Crippen molar-refractivity contribution >= 4 is 25.5 Å². The highest BCUT2D eigenvalue weighted by molar-refractivity contribution is 7.60. The lowest BCUT2D eigenvalue weighted by molar-refractivity contribution is -0.110. The lowest BCUT2D eigenvalue weighted by Crippen LogP contribution is -2.17. The third kappa shape index (κ3) is 8.96. The Hall–Kier alpha value is -2.66. The molecular weight excluding hydrogens is 571 g/mol. The van der Waals surface area contributed by atoms with Gasteiger partial charge in [-0.25, -0.2) is 0 Å². The van der Waals surface area contributed by atoms with Gasteiger partial charge in [0.05, 0.1) is 13.2 Å². The zero-order chi connectivity index (χ0) is 34.1. The summed E-state index contributed by atoms with van der Waals surface area (Å²) < 4.78 is 25.5. The molecule has 0 fully saturated rings. The van der Waals surface area contributed by atoms with Crippen LogP contribution < -0.4 is 0 Å². The molecule has 0 aliphatic carbocycles. The number of hydrogen-bond donors (Lipinski definition) is 2. The molecule has 0 spiro atoms. The molecule has 2 aromatic carbocycles. The summed E-state index contributed by atoms with van der Waals surface area (Å²) in [5.74, 6) is -0.0483. The average Bonchev–Trinajstić information content (AvgIpc) is 2.84. The van der Waals surface area contributed by atoms with E-state index in [1.807, 2.05) is 107 Å². The lowest BCUT2D eigenvalue weighted by Gasteiger charge is -2.28. The van der Waals surface area contributed by atoms with Crippen LogP contribution in [-0.4, -0.2) is 29.2 Å². The molecular formula is C37H55O6P. The first kappa shape index (κ1) is 37.5. The van der Waals surface area contributed by atoms with Crippen molar-refractivity contribution in [2.24, 2.45) is 0 Å². The van der Waals surface area contributed by atoms with E-state index in [-0.39, 0.29) is 40.9 Å². The molecule has 0 saturated carbocycles. The maximum atomic E-state index is 14.2. The maximum absolute atomic E-state index is 14.2. The summed E-state index contributed by atoms with van der Waals surface area (Å²) in [4.78, 5) is 14.0. The van der Waals surface area contributed by atoms with Gasteiger partial charge in [-0.05, 0) is 83.1 Å². The quantitative estimate of drug-likeness (QED) is 0.213. The number of aromatic hydroxyl groups is 2. The molecule has 44 heavy (non-hydrogen) atoms. The first-order valence-electron chi connectivity index (χ1n) is 15.5. The van der Waals surface area contributed by atoms with Crippen molar-refractivity contribution in [1.82, 2.24) is 0 Å². The second-order valence-corrected chi connectivity index (χ2v) is 17.5. The number of phenolic OH excluding ortho intramolecular Hbond substituents is 2. The van der Waals surface area contributed by atoms with Crippen LogP contribution >= 0.6 is 7.60 Å². The van der Waals surface area contributed by atoms with E-state index in [4.69, 9.17) is 9.05 Å². The van der Waals surface area contributed by atoms with Crippen LogP contribution in [0.5, 0.6) is 11.5 Å². The second kappa shape index (κ2) is 13.4. The molecule has 0 unspecified atom stereocenters. The number of benzene rings is 2. The Morgan fingerprint density at radius 1 is 0.659 bits per heavy atom. The summed E-state index contributed by atoms with van der Waals surface area (Å²) in [6, 6.07) is 7.42. The molecule has 0 aliphatic rings. The predicted molar refractivity (Wildman–Crippen MR) is 184 cm³/mol. The lowest BCUT2D eigenvalue weighted by atomic mass is 9.78. The van der Waals surface area contributed by atoms with Gasteiger partial charge in [0.1, 0.15) is 16.8 Å². The molecule has 0 amide bonds.